The van der Waals surface area contributed by atoms with E-state index in [9.17, 15) is 62.6 Å². The van der Waals surface area contributed by atoms with Crippen molar-refractivity contribution in [2.45, 2.75) is 142 Å². The molecule has 81 heavy (non-hydrogen) atoms. The minimum Gasteiger partial charge on any atom is -0.480 e. The van der Waals surface area contributed by atoms with Crippen LogP contribution in [0.2, 0.25) is 0 Å². The molecule has 7 atom stereocenters. The highest BCUT2D eigenvalue weighted by atomic mass is 16.6. The van der Waals surface area contributed by atoms with Gasteiger partial charge in [-0.25, -0.2) is 14.4 Å². The molecule has 0 aromatic heterocycles. The molecule has 1 aromatic rings. The van der Waals surface area contributed by atoms with Crippen LogP contribution >= 0.6 is 0 Å². The molecule has 0 radical (unpaired) electrons. The average Bonchev–Trinajstić information content (AvgIpc) is 3.43. The van der Waals surface area contributed by atoms with Crippen LogP contribution in [0, 0.1) is 11.8 Å². The first kappa shape index (κ1) is 67.7. The lowest BCUT2D eigenvalue weighted by atomic mass is 9.96. The van der Waals surface area contributed by atoms with Crippen LogP contribution in [0.25, 0.3) is 0 Å². The lowest BCUT2D eigenvalue weighted by Crippen LogP contribution is -2.61. The molecular weight excluding hydrogens is 1060 g/mol. The van der Waals surface area contributed by atoms with E-state index in [-0.39, 0.29) is 45.6 Å². The number of nitrogens with zero attached hydrogens (tertiary/aromatic N) is 6. The standard InChI is InChI=1S/C54H86N12O15/c1-12-34(4)45(64(11)43(70)30-61(8)40(67)26-55)48(73)57-28-37(60-53(79)81-54(5,6)7)49(74)65-24-18-16-22-38(65)46(71)58-29-41(68)62(9)31-42(69)63(10)44(33(2)3)47(72)56-27-36(50(75)66-25-19-17-23-39(66)51(76)77)59-52(78)80-32-35-20-14-13-15-21-35/h13-15,20-21,33-34,36-39,44-45H,12,16-19,22-32,55H2,1-11H3,(H,56,72)(H,57,73)(H,58,71)(H,59,78)(H,60,79)(H,76,77)/t34-,36+,37+,38-,39-,44-,45-/m0/s1. The number of carboxylic acids is 1. The molecule has 0 aliphatic carbocycles. The second-order valence-electron chi connectivity index (χ2n) is 21.8. The molecule has 27 nitrogen and oxygen atoms in total. The Morgan fingerprint density at radius 2 is 1.15 bits per heavy atom. The van der Waals surface area contributed by atoms with Gasteiger partial charge in [0.1, 0.15) is 48.5 Å². The fraction of sp³-hybridized carbons (Fsp3) is 0.667. The number of rotatable bonds is 26. The van der Waals surface area contributed by atoms with Crippen molar-refractivity contribution in [1.29, 1.82) is 0 Å². The molecule has 0 unspecified atom stereocenters. The number of aliphatic carboxylic acids is 1. The lowest BCUT2D eigenvalue weighted by Gasteiger charge is -2.37. The highest BCUT2D eigenvalue weighted by Gasteiger charge is 2.41. The molecule has 8 N–H and O–H groups in total. The molecule has 27 heteroatoms. The van der Waals surface area contributed by atoms with Gasteiger partial charge in [-0.1, -0.05) is 64.4 Å². The van der Waals surface area contributed by atoms with Gasteiger partial charge >= 0.3 is 18.2 Å². The Kier molecular flexibility index (Phi) is 26.8. The second-order valence-corrected chi connectivity index (χ2v) is 21.8. The van der Waals surface area contributed by atoms with E-state index >= 15 is 0 Å². The van der Waals surface area contributed by atoms with Gasteiger partial charge < -0.3 is 76.3 Å². The molecule has 2 saturated heterocycles. The van der Waals surface area contributed by atoms with Crippen molar-refractivity contribution in [3.63, 3.8) is 0 Å². The minimum absolute atomic E-state index is 0.0663. The number of ether oxygens (including phenoxy) is 2. The Balaban J connectivity index is 1.72. The maximum absolute atomic E-state index is 14.4. The minimum atomic E-state index is -1.47. The van der Waals surface area contributed by atoms with Gasteiger partial charge in [0.15, 0.2) is 0 Å². The van der Waals surface area contributed by atoms with E-state index in [2.05, 4.69) is 26.6 Å². The number of benzene rings is 1. The number of nitrogens with two attached hydrogens (primary N) is 1. The third kappa shape index (κ3) is 20.8. The van der Waals surface area contributed by atoms with E-state index < -0.39 is 151 Å². The van der Waals surface area contributed by atoms with E-state index in [1.807, 2.05) is 6.92 Å². The third-order valence-corrected chi connectivity index (χ3v) is 14.1. The SMILES string of the molecule is CC[C@H](C)[C@@H](C(=O)NC[C@@H](NC(=O)OC(C)(C)C)C(=O)N1CCCC[C@H]1C(=O)NCC(=O)N(C)CC(=O)N(C)[C@H](C(=O)NC[C@@H](NC(=O)OCc1ccccc1)C(=O)N1CCCC[C@H]1C(=O)O)C(C)C)N(C)C(=O)CN(C)C(=O)CN. The number of hydrogen-bond acceptors (Lipinski definition) is 15. The van der Waals surface area contributed by atoms with Crippen LogP contribution in [0.4, 0.5) is 9.59 Å². The Hall–Kier alpha value is -7.58. The predicted molar refractivity (Wildman–Crippen MR) is 294 cm³/mol. The van der Waals surface area contributed by atoms with Crippen LogP contribution in [-0.4, -0.2) is 228 Å². The quantitative estimate of drug-likeness (QED) is 0.0621. The van der Waals surface area contributed by atoms with Crippen molar-refractivity contribution < 1.29 is 72.1 Å². The lowest BCUT2D eigenvalue weighted by molar-refractivity contribution is -0.153. The van der Waals surface area contributed by atoms with Crippen LogP contribution in [0.3, 0.4) is 0 Å². The molecule has 452 valence electrons. The summed E-state index contributed by atoms with van der Waals surface area (Å²) in [5, 5.41) is 22.8. The largest absolute Gasteiger partial charge is 0.480 e. The monoisotopic (exact) mass is 1140 g/mol. The first-order valence-corrected chi connectivity index (χ1v) is 27.4. The van der Waals surface area contributed by atoms with Crippen LogP contribution in [0.15, 0.2) is 30.3 Å². The number of carbonyl (C=O) groups excluding carboxylic acids is 11. The van der Waals surface area contributed by atoms with Crippen molar-refractivity contribution in [2.24, 2.45) is 17.6 Å². The molecule has 11 amide bonds. The Morgan fingerprint density at radius 1 is 0.667 bits per heavy atom. The summed E-state index contributed by atoms with van der Waals surface area (Å²) in [6.07, 6.45) is 0.927. The average molecular weight is 1140 g/mol. The third-order valence-electron chi connectivity index (χ3n) is 14.1. The van der Waals surface area contributed by atoms with Crippen molar-refractivity contribution in [3.8, 4) is 0 Å². The molecule has 3 rings (SSSR count). The smallest absolute Gasteiger partial charge is 0.408 e. The number of likely N-dealkylation sites (N-methyl/N-ethyl adjacent to an activating group) is 4. The second kappa shape index (κ2) is 32.0. The number of nitrogens with one attached hydrogen (secondary N) is 5. The van der Waals surface area contributed by atoms with Crippen LogP contribution in [0.5, 0.6) is 0 Å². The van der Waals surface area contributed by atoms with Crippen LogP contribution < -0.4 is 32.3 Å². The van der Waals surface area contributed by atoms with E-state index in [4.69, 9.17) is 15.2 Å². The molecule has 0 saturated carbocycles. The zero-order valence-electron chi connectivity index (χ0n) is 48.7. The van der Waals surface area contributed by atoms with Gasteiger partial charge in [0.25, 0.3) is 0 Å². The molecule has 2 aliphatic heterocycles. The Morgan fingerprint density at radius 3 is 1.64 bits per heavy atom. The first-order valence-electron chi connectivity index (χ1n) is 27.4. The van der Waals surface area contributed by atoms with E-state index in [1.165, 1.54) is 38.0 Å². The van der Waals surface area contributed by atoms with Gasteiger partial charge in [-0.05, 0) is 76.7 Å². The summed E-state index contributed by atoms with van der Waals surface area (Å²) in [7, 11) is 5.48. The molecule has 2 fully saturated rings. The van der Waals surface area contributed by atoms with Gasteiger partial charge in [0, 0.05) is 54.4 Å². The zero-order valence-corrected chi connectivity index (χ0v) is 48.7. The van der Waals surface area contributed by atoms with Crippen molar-refractivity contribution >= 4 is 71.3 Å². The van der Waals surface area contributed by atoms with Gasteiger partial charge in [-0.15, -0.1) is 0 Å². The number of carboxylic acid groups (broad SMARTS) is 1. The number of carbonyl (C=O) groups is 12. The molecule has 0 bridgehead atoms. The molecule has 1 aromatic carbocycles. The summed E-state index contributed by atoms with van der Waals surface area (Å²) < 4.78 is 10.8. The van der Waals surface area contributed by atoms with Crippen molar-refractivity contribution in [2.75, 3.05) is 80.5 Å². The summed E-state index contributed by atoms with van der Waals surface area (Å²) in [4.78, 5) is 168. The highest BCUT2D eigenvalue weighted by molar-refractivity contribution is 5.96. The number of piperidine rings is 2. The normalized spacial score (nSPS) is 17.1. The number of alkyl carbamates (subject to hydrolysis) is 2. The zero-order chi connectivity index (χ0) is 60.9. The van der Waals surface area contributed by atoms with E-state index in [0.29, 0.717) is 37.7 Å². The fourth-order valence-corrected chi connectivity index (χ4v) is 9.34. The summed E-state index contributed by atoms with van der Waals surface area (Å²) in [6, 6.07) is 1.29. The van der Waals surface area contributed by atoms with E-state index in [0.717, 1.165) is 19.6 Å². The van der Waals surface area contributed by atoms with Gasteiger partial charge in [-0.2, -0.15) is 0 Å². The molecule has 2 aliphatic rings. The molecule has 0 spiro atoms. The number of likely N-dealkylation sites (tertiary alicyclic amines) is 2. The predicted octanol–water partition coefficient (Wildman–Crippen LogP) is -0.398. The van der Waals surface area contributed by atoms with Gasteiger partial charge in [-0.3, -0.25) is 43.2 Å². The maximum Gasteiger partial charge on any atom is 0.408 e. The number of hydrogen-bond donors (Lipinski definition) is 7. The van der Waals surface area contributed by atoms with Crippen LogP contribution in [-0.2, 0) is 64.0 Å². The van der Waals surface area contributed by atoms with Crippen LogP contribution in [0.1, 0.15) is 99.0 Å². The molecular formula is C54H86N12O15. The summed E-state index contributed by atoms with van der Waals surface area (Å²) >= 11 is 0. The number of amides is 11. The summed E-state index contributed by atoms with van der Waals surface area (Å²) in [6.45, 7) is 8.98. The van der Waals surface area contributed by atoms with Crippen molar-refractivity contribution in [3.05, 3.63) is 35.9 Å². The van der Waals surface area contributed by atoms with Gasteiger partial charge in [0.2, 0.25) is 53.2 Å². The summed E-state index contributed by atoms with van der Waals surface area (Å²) in [5.41, 5.74) is 5.13. The molecule has 2 heterocycles. The van der Waals surface area contributed by atoms with Crippen molar-refractivity contribution in [1.82, 2.24) is 56.0 Å². The summed E-state index contributed by atoms with van der Waals surface area (Å²) in [5.74, 6) is -8.16. The highest BCUT2D eigenvalue weighted by Crippen LogP contribution is 2.21. The maximum atomic E-state index is 14.4. The first-order chi connectivity index (χ1) is 38.0. The fourth-order valence-electron chi connectivity index (χ4n) is 9.34. The van der Waals surface area contributed by atoms with E-state index in [1.54, 1.807) is 71.9 Å². The topological polar surface area (TPSA) is 349 Å². The Bertz CT molecular complexity index is 2390. The Labute approximate surface area is 474 Å². The van der Waals surface area contributed by atoms with Gasteiger partial charge in [0.05, 0.1) is 26.2 Å².